The van der Waals surface area contributed by atoms with E-state index >= 15 is 0 Å². The Morgan fingerprint density at radius 2 is 2.08 bits per heavy atom. The molecule has 134 valence electrons. The molecule has 1 aromatic carbocycles. The van der Waals surface area contributed by atoms with E-state index in [0.717, 1.165) is 55.4 Å². The van der Waals surface area contributed by atoms with Gasteiger partial charge in [-0.1, -0.05) is 0 Å². The van der Waals surface area contributed by atoms with E-state index in [1.165, 1.54) is 5.69 Å². The molecule has 7 nitrogen and oxygen atoms in total. The molecule has 0 aliphatic carbocycles. The molecule has 2 aromatic rings. The summed E-state index contributed by atoms with van der Waals surface area (Å²) in [6.07, 6.45) is 2.23. The average Bonchev–Trinajstić information content (AvgIpc) is 3.29. The van der Waals surface area contributed by atoms with Gasteiger partial charge in [-0.2, -0.15) is 5.10 Å². The molecule has 0 saturated carbocycles. The number of benzene rings is 1. The summed E-state index contributed by atoms with van der Waals surface area (Å²) in [6.45, 7) is 3.75. The van der Waals surface area contributed by atoms with E-state index in [1.807, 2.05) is 6.07 Å². The molecule has 0 amide bonds. The van der Waals surface area contributed by atoms with E-state index in [1.54, 1.807) is 7.11 Å². The van der Waals surface area contributed by atoms with Crippen molar-refractivity contribution in [2.75, 3.05) is 31.9 Å². The van der Waals surface area contributed by atoms with Gasteiger partial charge in [-0.15, -0.1) is 0 Å². The lowest BCUT2D eigenvalue weighted by atomic mass is 10.0. The van der Waals surface area contributed by atoms with Crippen LogP contribution in [-0.4, -0.2) is 43.2 Å². The Kier molecular flexibility index (Phi) is 4.76. The van der Waals surface area contributed by atoms with Gasteiger partial charge in [0.05, 0.1) is 18.0 Å². The summed E-state index contributed by atoms with van der Waals surface area (Å²) in [5.41, 5.74) is 3.25. The molecule has 7 heteroatoms. The van der Waals surface area contributed by atoms with Crippen molar-refractivity contribution in [3.05, 3.63) is 35.7 Å². The maximum absolute atomic E-state index is 5.48. The van der Waals surface area contributed by atoms with Crippen LogP contribution < -0.4 is 19.7 Å². The molecule has 1 fully saturated rings. The van der Waals surface area contributed by atoms with Crippen LogP contribution in [0.4, 0.5) is 5.69 Å². The van der Waals surface area contributed by atoms with Crippen molar-refractivity contribution in [3.8, 4) is 11.5 Å². The Morgan fingerprint density at radius 3 is 2.92 bits per heavy atom. The molecule has 2 N–H and O–H groups in total. The minimum Gasteiger partial charge on any atom is -0.454 e. The van der Waals surface area contributed by atoms with Gasteiger partial charge in [0.1, 0.15) is 0 Å². The number of ether oxygens (including phenoxy) is 3. The smallest absolute Gasteiger partial charge is 0.231 e. The van der Waals surface area contributed by atoms with Gasteiger partial charge in [0, 0.05) is 44.5 Å². The highest BCUT2D eigenvalue weighted by molar-refractivity contribution is 5.57. The van der Waals surface area contributed by atoms with Crippen molar-refractivity contribution < 1.29 is 14.2 Å². The maximum Gasteiger partial charge on any atom is 0.231 e. The number of rotatable bonds is 6. The molecule has 0 bridgehead atoms. The fraction of sp³-hybridized carbons (Fsp3) is 0.500. The van der Waals surface area contributed by atoms with Crippen molar-refractivity contribution in [1.82, 2.24) is 15.5 Å². The first-order valence-electron chi connectivity index (χ1n) is 8.72. The molecule has 25 heavy (non-hydrogen) atoms. The van der Waals surface area contributed by atoms with Gasteiger partial charge in [-0.25, -0.2) is 0 Å². The summed E-state index contributed by atoms with van der Waals surface area (Å²) < 4.78 is 16.0. The summed E-state index contributed by atoms with van der Waals surface area (Å²) in [6, 6.07) is 8.77. The molecular formula is C18H24N4O3. The number of fused-ring (bicyclic) bond motifs is 1. The highest BCUT2D eigenvalue weighted by atomic mass is 16.7. The zero-order valence-corrected chi connectivity index (χ0v) is 14.5. The normalized spacial score (nSPS) is 17.2. The molecule has 1 aromatic heterocycles. The molecule has 3 heterocycles. The fourth-order valence-corrected chi connectivity index (χ4v) is 3.40. The van der Waals surface area contributed by atoms with E-state index in [4.69, 9.17) is 14.2 Å². The standard InChI is InChI=1S/C18H24N4O3/c1-23-11-15-8-14(20-21-15)10-19-13-4-6-22(7-5-13)16-2-3-17-18(9-16)25-12-24-17/h2-3,8-9,13,19H,4-7,10-12H2,1H3,(H,20,21). The number of aromatic amines is 1. The van der Waals surface area contributed by atoms with Gasteiger partial charge < -0.3 is 24.4 Å². The van der Waals surface area contributed by atoms with E-state index in [0.29, 0.717) is 19.4 Å². The number of nitrogens with one attached hydrogen (secondary N) is 2. The van der Waals surface area contributed by atoms with Crippen LogP contribution in [0.1, 0.15) is 24.2 Å². The highest BCUT2D eigenvalue weighted by Crippen LogP contribution is 2.36. The second kappa shape index (κ2) is 7.33. The Bertz CT molecular complexity index is 710. The van der Waals surface area contributed by atoms with Crippen LogP contribution in [0.3, 0.4) is 0 Å². The third-order valence-corrected chi connectivity index (χ3v) is 4.77. The fourth-order valence-electron chi connectivity index (χ4n) is 3.40. The van der Waals surface area contributed by atoms with E-state index in [9.17, 15) is 0 Å². The number of methoxy groups -OCH3 is 1. The number of H-pyrrole nitrogens is 1. The molecular weight excluding hydrogens is 320 g/mol. The molecule has 0 spiro atoms. The van der Waals surface area contributed by atoms with Crippen LogP contribution in [0.2, 0.25) is 0 Å². The number of piperidine rings is 1. The predicted molar refractivity (Wildman–Crippen MR) is 93.9 cm³/mol. The largest absolute Gasteiger partial charge is 0.454 e. The SMILES string of the molecule is COCc1cc(CNC2CCN(c3ccc4c(c3)OCO4)CC2)n[nH]1. The highest BCUT2D eigenvalue weighted by Gasteiger charge is 2.21. The summed E-state index contributed by atoms with van der Waals surface area (Å²) in [5, 5.41) is 10.9. The summed E-state index contributed by atoms with van der Waals surface area (Å²) in [4.78, 5) is 2.41. The number of hydrogen-bond donors (Lipinski definition) is 2. The third kappa shape index (κ3) is 3.72. The number of aromatic nitrogens is 2. The average molecular weight is 344 g/mol. The summed E-state index contributed by atoms with van der Waals surface area (Å²) >= 11 is 0. The lowest BCUT2D eigenvalue weighted by molar-refractivity contribution is 0.174. The van der Waals surface area contributed by atoms with Crippen LogP contribution in [0.15, 0.2) is 24.3 Å². The minimum absolute atomic E-state index is 0.323. The lowest BCUT2D eigenvalue weighted by Gasteiger charge is -2.34. The first-order valence-corrected chi connectivity index (χ1v) is 8.72. The topological polar surface area (TPSA) is 71.6 Å². The van der Waals surface area contributed by atoms with Gasteiger partial charge in [0.25, 0.3) is 0 Å². The molecule has 4 rings (SSSR count). The molecule has 2 aliphatic rings. The Labute approximate surface area is 147 Å². The van der Waals surface area contributed by atoms with E-state index in [-0.39, 0.29) is 0 Å². The van der Waals surface area contributed by atoms with Crippen molar-refractivity contribution >= 4 is 5.69 Å². The maximum atomic E-state index is 5.48. The minimum atomic E-state index is 0.323. The van der Waals surface area contributed by atoms with E-state index < -0.39 is 0 Å². The van der Waals surface area contributed by atoms with Gasteiger partial charge in [0.15, 0.2) is 11.5 Å². The van der Waals surface area contributed by atoms with Gasteiger partial charge >= 0.3 is 0 Å². The number of anilines is 1. The van der Waals surface area contributed by atoms with Crippen molar-refractivity contribution in [1.29, 1.82) is 0 Å². The quantitative estimate of drug-likeness (QED) is 0.836. The summed E-state index contributed by atoms with van der Waals surface area (Å²) in [7, 11) is 1.69. The molecule has 0 atom stereocenters. The van der Waals surface area contributed by atoms with Gasteiger partial charge in [-0.05, 0) is 31.0 Å². The summed E-state index contributed by atoms with van der Waals surface area (Å²) in [5.74, 6) is 1.69. The van der Waals surface area contributed by atoms with Gasteiger partial charge in [-0.3, -0.25) is 5.10 Å². The first kappa shape index (κ1) is 16.2. The first-order chi connectivity index (χ1) is 12.3. The monoisotopic (exact) mass is 344 g/mol. The van der Waals surface area contributed by atoms with Crippen LogP contribution in [0, 0.1) is 0 Å². The molecule has 2 aliphatic heterocycles. The predicted octanol–water partition coefficient (Wildman–Crippen LogP) is 2.04. The lowest BCUT2D eigenvalue weighted by Crippen LogP contribution is -2.42. The van der Waals surface area contributed by atoms with Crippen molar-refractivity contribution in [3.63, 3.8) is 0 Å². The second-order valence-corrected chi connectivity index (χ2v) is 6.50. The van der Waals surface area contributed by atoms with E-state index in [2.05, 4.69) is 38.6 Å². The Morgan fingerprint density at radius 1 is 1.24 bits per heavy atom. The molecule has 1 saturated heterocycles. The number of nitrogens with zero attached hydrogens (tertiary/aromatic N) is 2. The Balaban J connectivity index is 1.26. The molecule has 0 radical (unpaired) electrons. The van der Waals surface area contributed by atoms with Crippen molar-refractivity contribution in [2.24, 2.45) is 0 Å². The third-order valence-electron chi connectivity index (χ3n) is 4.77. The number of hydrogen-bond acceptors (Lipinski definition) is 6. The van der Waals surface area contributed by atoms with Crippen LogP contribution >= 0.6 is 0 Å². The second-order valence-electron chi connectivity index (χ2n) is 6.50. The molecule has 0 unspecified atom stereocenters. The Hall–Kier alpha value is -2.25. The zero-order valence-electron chi connectivity index (χ0n) is 14.5. The van der Waals surface area contributed by atoms with Crippen LogP contribution in [0.5, 0.6) is 11.5 Å². The van der Waals surface area contributed by atoms with Crippen LogP contribution in [0.25, 0.3) is 0 Å². The van der Waals surface area contributed by atoms with Gasteiger partial charge in [0.2, 0.25) is 6.79 Å². The van der Waals surface area contributed by atoms with Crippen molar-refractivity contribution in [2.45, 2.75) is 32.0 Å². The zero-order chi connectivity index (χ0) is 17.1. The van der Waals surface area contributed by atoms with Crippen LogP contribution in [-0.2, 0) is 17.9 Å².